The molecular weight excluding hydrogens is 269 g/mol. The first kappa shape index (κ1) is 15.0. The molecule has 0 fully saturated rings. The summed E-state index contributed by atoms with van der Waals surface area (Å²) in [5, 5.41) is 0. The summed E-state index contributed by atoms with van der Waals surface area (Å²) >= 11 is 0. The average molecular weight is 287 g/mol. The molecule has 0 spiro atoms. The number of carbonyl (C=O) groups excluding carboxylic acids is 1. The van der Waals surface area contributed by atoms with Crippen molar-refractivity contribution in [3.63, 3.8) is 0 Å². The van der Waals surface area contributed by atoms with Gasteiger partial charge in [0.05, 0.1) is 19.2 Å². The maximum Gasteiger partial charge on any atom is 0.185 e. The first-order valence-electron chi connectivity index (χ1n) is 6.66. The number of ketones is 1. The Morgan fingerprint density at radius 3 is 2.48 bits per heavy atom. The molecule has 0 N–H and O–H groups in total. The fourth-order valence-corrected chi connectivity index (χ4v) is 2.12. The molecule has 0 amide bonds. The highest BCUT2D eigenvalue weighted by molar-refractivity contribution is 6.01. The van der Waals surface area contributed by atoms with E-state index in [1.165, 1.54) is 12.1 Å². The lowest BCUT2D eigenvalue weighted by Crippen LogP contribution is -2.25. The zero-order valence-corrected chi connectivity index (χ0v) is 12.4. The Balaban J connectivity index is 2.16. The molecule has 0 heterocycles. The molecule has 3 nitrogen and oxygen atoms in total. The SMILES string of the molecule is COc1cc(C)ccc1C(=O)CN(C)c1ccc(F)cc1. The summed E-state index contributed by atoms with van der Waals surface area (Å²) in [5.74, 6) is 0.241. The Labute approximate surface area is 124 Å². The van der Waals surface area contributed by atoms with Crippen molar-refractivity contribution in [2.75, 3.05) is 25.6 Å². The van der Waals surface area contributed by atoms with Crippen LogP contribution >= 0.6 is 0 Å². The third-order valence-corrected chi connectivity index (χ3v) is 3.31. The van der Waals surface area contributed by atoms with Crippen molar-refractivity contribution in [2.45, 2.75) is 6.92 Å². The number of benzene rings is 2. The highest BCUT2D eigenvalue weighted by Gasteiger charge is 2.14. The van der Waals surface area contributed by atoms with E-state index < -0.39 is 0 Å². The van der Waals surface area contributed by atoms with E-state index in [4.69, 9.17) is 4.74 Å². The van der Waals surface area contributed by atoms with Crippen molar-refractivity contribution in [3.05, 3.63) is 59.4 Å². The highest BCUT2D eigenvalue weighted by Crippen LogP contribution is 2.21. The number of Topliss-reactive ketones (excluding diaryl/α,β-unsaturated/α-hetero) is 1. The van der Waals surface area contributed by atoms with E-state index in [2.05, 4.69) is 0 Å². The standard InChI is InChI=1S/C17H18FNO2/c1-12-4-9-15(17(10-12)21-3)16(20)11-19(2)14-7-5-13(18)6-8-14/h4-10H,11H2,1-3H3. The first-order chi connectivity index (χ1) is 10.0. The predicted molar refractivity (Wildman–Crippen MR) is 81.7 cm³/mol. The molecule has 2 aromatic carbocycles. The zero-order valence-electron chi connectivity index (χ0n) is 12.4. The lowest BCUT2D eigenvalue weighted by molar-refractivity contribution is 0.0997. The Morgan fingerprint density at radius 2 is 1.86 bits per heavy atom. The van der Waals surface area contributed by atoms with Crippen molar-refractivity contribution in [1.29, 1.82) is 0 Å². The number of ether oxygens (including phenoxy) is 1. The van der Waals surface area contributed by atoms with Crippen LogP contribution in [0.3, 0.4) is 0 Å². The van der Waals surface area contributed by atoms with Crippen molar-refractivity contribution < 1.29 is 13.9 Å². The topological polar surface area (TPSA) is 29.5 Å². The Bertz CT molecular complexity index is 638. The van der Waals surface area contributed by atoms with Crippen LogP contribution in [0.2, 0.25) is 0 Å². The van der Waals surface area contributed by atoms with Crippen LogP contribution in [0.1, 0.15) is 15.9 Å². The number of nitrogens with zero attached hydrogens (tertiary/aromatic N) is 1. The van der Waals surface area contributed by atoms with Gasteiger partial charge in [-0.3, -0.25) is 4.79 Å². The van der Waals surface area contributed by atoms with E-state index in [-0.39, 0.29) is 18.1 Å². The molecule has 0 unspecified atom stereocenters. The van der Waals surface area contributed by atoms with Gasteiger partial charge in [-0.05, 0) is 48.9 Å². The van der Waals surface area contributed by atoms with Gasteiger partial charge in [0.1, 0.15) is 11.6 Å². The fraction of sp³-hybridized carbons (Fsp3) is 0.235. The number of likely N-dealkylation sites (N-methyl/N-ethyl adjacent to an activating group) is 1. The second-order valence-corrected chi connectivity index (χ2v) is 4.96. The molecule has 0 radical (unpaired) electrons. The smallest absolute Gasteiger partial charge is 0.185 e. The summed E-state index contributed by atoms with van der Waals surface area (Å²) in [6, 6.07) is 11.5. The summed E-state index contributed by atoms with van der Waals surface area (Å²) in [4.78, 5) is 14.2. The van der Waals surface area contributed by atoms with Gasteiger partial charge in [-0.15, -0.1) is 0 Å². The van der Waals surface area contributed by atoms with Gasteiger partial charge in [-0.25, -0.2) is 4.39 Å². The third-order valence-electron chi connectivity index (χ3n) is 3.31. The molecule has 110 valence electrons. The summed E-state index contributed by atoms with van der Waals surface area (Å²) in [6.45, 7) is 2.15. The average Bonchev–Trinajstić information content (AvgIpc) is 2.47. The molecule has 0 aliphatic rings. The summed E-state index contributed by atoms with van der Waals surface area (Å²) in [6.07, 6.45) is 0. The number of hydrogen-bond acceptors (Lipinski definition) is 3. The van der Waals surface area contributed by atoms with E-state index in [0.717, 1.165) is 11.3 Å². The van der Waals surface area contributed by atoms with Crippen LogP contribution in [-0.4, -0.2) is 26.5 Å². The molecular formula is C17H18FNO2. The maximum atomic E-state index is 12.9. The molecule has 0 aliphatic heterocycles. The van der Waals surface area contributed by atoms with Gasteiger partial charge in [0.15, 0.2) is 5.78 Å². The molecule has 0 atom stereocenters. The van der Waals surface area contributed by atoms with Gasteiger partial charge >= 0.3 is 0 Å². The van der Waals surface area contributed by atoms with E-state index >= 15 is 0 Å². The van der Waals surface area contributed by atoms with Gasteiger partial charge in [-0.1, -0.05) is 6.07 Å². The van der Waals surface area contributed by atoms with Crippen LogP contribution in [0, 0.1) is 12.7 Å². The van der Waals surface area contributed by atoms with E-state index in [1.807, 2.05) is 19.1 Å². The van der Waals surface area contributed by atoms with Crippen molar-refractivity contribution in [2.24, 2.45) is 0 Å². The lowest BCUT2D eigenvalue weighted by Gasteiger charge is -2.19. The van der Waals surface area contributed by atoms with Gasteiger partial charge < -0.3 is 9.64 Å². The van der Waals surface area contributed by atoms with Crippen molar-refractivity contribution in [3.8, 4) is 5.75 Å². The monoisotopic (exact) mass is 287 g/mol. The Morgan fingerprint density at radius 1 is 1.19 bits per heavy atom. The predicted octanol–water partition coefficient (Wildman–Crippen LogP) is 3.46. The van der Waals surface area contributed by atoms with Gasteiger partial charge in [0.25, 0.3) is 0 Å². The molecule has 2 rings (SSSR count). The highest BCUT2D eigenvalue weighted by atomic mass is 19.1. The molecule has 21 heavy (non-hydrogen) atoms. The summed E-state index contributed by atoms with van der Waals surface area (Å²) in [7, 11) is 3.35. The molecule has 0 saturated carbocycles. The number of hydrogen-bond donors (Lipinski definition) is 0. The van der Waals surface area contributed by atoms with Gasteiger partial charge in [0.2, 0.25) is 0 Å². The number of carbonyl (C=O) groups is 1. The first-order valence-corrected chi connectivity index (χ1v) is 6.66. The second kappa shape index (κ2) is 6.39. The number of aryl methyl sites for hydroxylation is 1. The Hall–Kier alpha value is -2.36. The number of rotatable bonds is 5. The van der Waals surface area contributed by atoms with Crippen LogP contribution in [0.25, 0.3) is 0 Å². The van der Waals surface area contributed by atoms with Crippen molar-refractivity contribution in [1.82, 2.24) is 0 Å². The van der Waals surface area contributed by atoms with E-state index in [0.29, 0.717) is 11.3 Å². The Kier molecular flexibility index (Phi) is 4.58. The molecule has 0 saturated heterocycles. The lowest BCUT2D eigenvalue weighted by atomic mass is 10.1. The van der Waals surface area contributed by atoms with Crippen LogP contribution in [0.15, 0.2) is 42.5 Å². The fourth-order valence-electron chi connectivity index (χ4n) is 2.12. The van der Waals surface area contributed by atoms with Crippen molar-refractivity contribution >= 4 is 11.5 Å². The molecule has 4 heteroatoms. The molecule has 0 bridgehead atoms. The maximum absolute atomic E-state index is 12.9. The number of halogens is 1. The summed E-state index contributed by atoms with van der Waals surface area (Å²) in [5.41, 5.74) is 2.38. The summed E-state index contributed by atoms with van der Waals surface area (Å²) < 4.78 is 18.2. The minimum atomic E-state index is -0.293. The number of anilines is 1. The normalized spacial score (nSPS) is 10.3. The van der Waals surface area contributed by atoms with Crippen LogP contribution in [0.5, 0.6) is 5.75 Å². The molecule has 0 aliphatic carbocycles. The van der Waals surface area contributed by atoms with Gasteiger partial charge in [-0.2, -0.15) is 0 Å². The minimum Gasteiger partial charge on any atom is -0.496 e. The second-order valence-electron chi connectivity index (χ2n) is 4.96. The zero-order chi connectivity index (χ0) is 15.4. The molecule has 2 aromatic rings. The largest absolute Gasteiger partial charge is 0.496 e. The van der Waals surface area contributed by atoms with Crippen LogP contribution in [-0.2, 0) is 0 Å². The van der Waals surface area contributed by atoms with Crippen LogP contribution < -0.4 is 9.64 Å². The van der Waals surface area contributed by atoms with E-state index in [9.17, 15) is 9.18 Å². The molecule has 0 aromatic heterocycles. The van der Waals surface area contributed by atoms with Crippen LogP contribution in [0.4, 0.5) is 10.1 Å². The van der Waals surface area contributed by atoms with Gasteiger partial charge in [0, 0.05) is 12.7 Å². The number of methoxy groups -OCH3 is 1. The van der Waals surface area contributed by atoms with E-state index in [1.54, 1.807) is 37.3 Å². The third kappa shape index (κ3) is 3.60. The quantitative estimate of drug-likeness (QED) is 0.789. The minimum absolute atomic E-state index is 0.0429.